The first-order valence-electron chi connectivity index (χ1n) is 2.99. The molecule has 1 rings (SSSR count). The fraction of sp³-hybridized carbons (Fsp3) is 1.00. The van der Waals surface area contributed by atoms with E-state index in [-0.39, 0.29) is 6.17 Å². The van der Waals surface area contributed by atoms with Crippen molar-refractivity contribution in [3.63, 3.8) is 0 Å². The van der Waals surface area contributed by atoms with E-state index in [2.05, 4.69) is 0 Å². The van der Waals surface area contributed by atoms with Crippen molar-refractivity contribution in [1.82, 2.24) is 4.42 Å². The molecule has 1 heterocycles. The molecule has 0 saturated carbocycles. The Morgan fingerprint density at radius 3 is 2.62 bits per heavy atom. The van der Waals surface area contributed by atoms with Crippen LogP contribution in [0.3, 0.4) is 0 Å². The van der Waals surface area contributed by atoms with Gasteiger partial charge in [-0.3, -0.25) is 0 Å². The van der Waals surface area contributed by atoms with E-state index in [0.717, 1.165) is 13.0 Å². The number of hydrogen-bond acceptors (Lipinski definition) is 2. The van der Waals surface area contributed by atoms with Gasteiger partial charge in [-0.25, -0.2) is 4.42 Å². The van der Waals surface area contributed by atoms with Crippen LogP contribution < -0.4 is 5.73 Å². The molecule has 1 saturated heterocycles. The number of hydrogen-bond donors (Lipinski definition) is 1. The molecule has 1 unspecified atom stereocenters. The third kappa shape index (κ3) is 1.34. The molecule has 1 aliphatic heterocycles. The number of nitrogens with two attached hydrogens (primary N) is 1. The second-order valence-corrected chi connectivity index (χ2v) is 2.62. The highest BCUT2D eigenvalue weighted by atomic mass is 35.5. The lowest BCUT2D eigenvalue weighted by Gasteiger charge is -2.25. The minimum absolute atomic E-state index is 0.102. The van der Waals surface area contributed by atoms with Gasteiger partial charge in [0.05, 0.1) is 6.17 Å². The summed E-state index contributed by atoms with van der Waals surface area (Å²) in [5.41, 5.74) is 5.57. The monoisotopic (exact) mass is 134 g/mol. The topological polar surface area (TPSA) is 29.3 Å². The van der Waals surface area contributed by atoms with Crippen LogP contribution in [0, 0.1) is 0 Å². The van der Waals surface area contributed by atoms with Crippen LogP contribution in [0.1, 0.15) is 19.3 Å². The number of piperidine rings is 1. The van der Waals surface area contributed by atoms with Crippen molar-refractivity contribution in [1.29, 1.82) is 0 Å². The Kier molecular flexibility index (Phi) is 2.11. The Bertz CT molecular complexity index is 66.8. The number of nitrogens with zero attached hydrogens (tertiary/aromatic N) is 1. The molecule has 0 aliphatic carbocycles. The third-order valence-corrected chi connectivity index (χ3v) is 1.90. The fourth-order valence-electron chi connectivity index (χ4n) is 0.922. The van der Waals surface area contributed by atoms with Crippen LogP contribution in [0.4, 0.5) is 0 Å². The Balaban J connectivity index is 2.28. The first-order chi connectivity index (χ1) is 3.80. The summed E-state index contributed by atoms with van der Waals surface area (Å²) in [7, 11) is 0. The second kappa shape index (κ2) is 2.67. The molecule has 0 radical (unpaired) electrons. The van der Waals surface area contributed by atoms with Crippen LogP contribution in [-0.2, 0) is 0 Å². The molecule has 0 aromatic heterocycles. The van der Waals surface area contributed by atoms with Gasteiger partial charge in [0, 0.05) is 6.54 Å². The van der Waals surface area contributed by atoms with Gasteiger partial charge in [-0.05, 0) is 31.0 Å². The highest BCUT2D eigenvalue weighted by Gasteiger charge is 2.15. The van der Waals surface area contributed by atoms with Gasteiger partial charge < -0.3 is 5.73 Å². The Morgan fingerprint density at radius 2 is 2.25 bits per heavy atom. The summed E-state index contributed by atoms with van der Waals surface area (Å²) in [4.78, 5) is 0. The molecular formula is C5H11ClN2. The van der Waals surface area contributed by atoms with Crippen molar-refractivity contribution in [2.75, 3.05) is 6.54 Å². The van der Waals surface area contributed by atoms with E-state index in [1.165, 1.54) is 12.8 Å². The maximum Gasteiger partial charge on any atom is 0.0717 e. The van der Waals surface area contributed by atoms with Crippen molar-refractivity contribution in [2.45, 2.75) is 25.4 Å². The molecule has 1 aliphatic rings. The van der Waals surface area contributed by atoms with Crippen molar-refractivity contribution < 1.29 is 0 Å². The van der Waals surface area contributed by atoms with E-state index in [4.69, 9.17) is 17.5 Å². The average Bonchev–Trinajstić information content (AvgIpc) is 1.77. The summed E-state index contributed by atoms with van der Waals surface area (Å²) in [6.07, 6.45) is 3.57. The first-order valence-corrected chi connectivity index (χ1v) is 3.32. The SMILES string of the molecule is NC1CCCCN1Cl. The lowest BCUT2D eigenvalue weighted by Crippen LogP contribution is -2.39. The summed E-state index contributed by atoms with van der Waals surface area (Å²) in [6, 6.07) is 0. The molecule has 8 heavy (non-hydrogen) atoms. The lowest BCUT2D eigenvalue weighted by molar-refractivity contribution is 0.270. The second-order valence-electron chi connectivity index (χ2n) is 2.19. The molecular weight excluding hydrogens is 124 g/mol. The first kappa shape index (κ1) is 6.33. The van der Waals surface area contributed by atoms with Crippen LogP contribution in [0.5, 0.6) is 0 Å². The van der Waals surface area contributed by atoms with Crippen LogP contribution in [0.15, 0.2) is 0 Å². The van der Waals surface area contributed by atoms with Gasteiger partial charge in [-0.15, -0.1) is 0 Å². The molecule has 1 fully saturated rings. The molecule has 2 nitrogen and oxygen atoms in total. The largest absolute Gasteiger partial charge is 0.315 e. The van der Waals surface area contributed by atoms with E-state index in [1.54, 1.807) is 4.42 Å². The van der Waals surface area contributed by atoms with Crippen LogP contribution in [0.25, 0.3) is 0 Å². The molecule has 0 bridgehead atoms. The van der Waals surface area contributed by atoms with Crippen LogP contribution >= 0.6 is 11.8 Å². The van der Waals surface area contributed by atoms with E-state index in [0.29, 0.717) is 0 Å². The number of halogens is 1. The van der Waals surface area contributed by atoms with Gasteiger partial charge >= 0.3 is 0 Å². The Morgan fingerprint density at radius 1 is 1.50 bits per heavy atom. The molecule has 2 N–H and O–H groups in total. The zero-order valence-corrected chi connectivity index (χ0v) is 5.56. The predicted octanol–water partition coefficient (Wildman–Crippen LogP) is 0.911. The standard InChI is InChI=1S/C5H11ClN2/c6-8-4-2-1-3-5(8)7/h5H,1-4,7H2. The maximum atomic E-state index is 5.68. The van der Waals surface area contributed by atoms with E-state index in [9.17, 15) is 0 Å². The van der Waals surface area contributed by atoms with Crippen LogP contribution in [0.2, 0.25) is 0 Å². The predicted molar refractivity (Wildman–Crippen MR) is 34.4 cm³/mol. The van der Waals surface area contributed by atoms with E-state index in [1.807, 2.05) is 0 Å². The number of rotatable bonds is 0. The quantitative estimate of drug-likeness (QED) is 0.499. The lowest BCUT2D eigenvalue weighted by atomic mass is 10.1. The van der Waals surface area contributed by atoms with Crippen LogP contribution in [-0.4, -0.2) is 17.1 Å². The smallest absolute Gasteiger partial charge is 0.0717 e. The maximum absolute atomic E-state index is 5.68. The molecule has 3 heteroatoms. The summed E-state index contributed by atoms with van der Waals surface area (Å²) < 4.78 is 1.68. The highest BCUT2D eigenvalue weighted by molar-refractivity contribution is 6.13. The normalized spacial score (nSPS) is 33.0. The molecule has 0 aromatic carbocycles. The van der Waals surface area contributed by atoms with Crippen molar-refractivity contribution in [3.05, 3.63) is 0 Å². The summed E-state index contributed by atoms with van der Waals surface area (Å²) in [6.45, 7) is 0.947. The molecule has 1 atom stereocenters. The van der Waals surface area contributed by atoms with Gasteiger partial charge in [0.15, 0.2) is 0 Å². The van der Waals surface area contributed by atoms with Crippen molar-refractivity contribution in [3.8, 4) is 0 Å². The van der Waals surface area contributed by atoms with Crippen molar-refractivity contribution in [2.24, 2.45) is 5.73 Å². The Hall–Kier alpha value is 0.210. The highest BCUT2D eigenvalue weighted by Crippen LogP contribution is 2.13. The molecule has 48 valence electrons. The third-order valence-electron chi connectivity index (χ3n) is 1.48. The summed E-state index contributed by atoms with van der Waals surface area (Å²) in [5, 5.41) is 0. The average molecular weight is 135 g/mol. The zero-order chi connectivity index (χ0) is 5.98. The van der Waals surface area contributed by atoms with Gasteiger partial charge in [-0.1, -0.05) is 0 Å². The van der Waals surface area contributed by atoms with Crippen molar-refractivity contribution >= 4 is 11.8 Å². The minimum atomic E-state index is 0.102. The fourth-order valence-corrected chi connectivity index (χ4v) is 1.14. The zero-order valence-electron chi connectivity index (χ0n) is 4.81. The van der Waals surface area contributed by atoms with Gasteiger partial charge in [-0.2, -0.15) is 0 Å². The molecule has 0 aromatic rings. The molecule has 0 amide bonds. The van der Waals surface area contributed by atoms with Gasteiger partial charge in [0.1, 0.15) is 0 Å². The summed E-state index contributed by atoms with van der Waals surface area (Å²) in [5.74, 6) is 0. The van der Waals surface area contributed by atoms with E-state index < -0.39 is 0 Å². The summed E-state index contributed by atoms with van der Waals surface area (Å²) >= 11 is 5.68. The van der Waals surface area contributed by atoms with Gasteiger partial charge in [0.25, 0.3) is 0 Å². The Labute approximate surface area is 54.7 Å². The minimum Gasteiger partial charge on any atom is -0.315 e. The van der Waals surface area contributed by atoms with E-state index >= 15 is 0 Å². The molecule has 0 spiro atoms. The van der Waals surface area contributed by atoms with Gasteiger partial charge in [0.2, 0.25) is 0 Å².